The van der Waals surface area contributed by atoms with Crippen LogP contribution in [0.1, 0.15) is 20.1 Å². The highest BCUT2D eigenvalue weighted by atomic mass is 79.9. The van der Waals surface area contributed by atoms with Crippen molar-refractivity contribution in [3.63, 3.8) is 0 Å². The van der Waals surface area contributed by atoms with Gasteiger partial charge >= 0.3 is 0 Å². The van der Waals surface area contributed by atoms with Crippen LogP contribution in [0.5, 0.6) is 0 Å². The van der Waals surface area contributed by atoms with Gasteiger partial charge in [-0.25, -0.2) is 0 Å². The molecule has 0 atom stereocenters. The Kier molecular flexibility index (Phi) is 4.41. The van der Waals surface area contributed by atoms with Gasteiger partial charge in [-0.1, -0.05) is 0 Å². The van der Waals surface area contributed by atoms with Gasteiger partial charge in [-0.2, -0.15) is 0 Å². The van der Waals surface area contributed by atoms with Crippen molar-refractivity contribution < 1.29 is 4.79 Å². The molecule has 1 amide bonds. The largest absolute Gasteiger partial charge is 0.346 e. The van der Waals surface area contributed by atoms with E-state index in [1.807, 2.05) is 25.1 Å². The lowest BCUT2D eigenvalue weighted by Crippen LogP contribution is -2.21. The number of carbonyl (C=O) groups excluding carboxylic acids is 1. The van der Waals surface area contributed by atoms with Crippen molar-refractivity contribution in [2.75, 3.05) is 0 Å². The summed E-state index contributed by atoms with van der Waals surface area (Å²) < 4.78 is 2.10. The first-order chi connectivity index (χ1) is 8.06. The Morgan fingerprint density at radius 3 is 2.65 bits per heavy atom. The quantitative estimate of drug-likeness (QED) is 0.811. The Hall–Kier alpha value is -0.170. The fraction of sp³-hybridized carbons (Fsp3) is 0.182. The van der Waals surface area contributed by atoms with Crippen molar-refractivity contribution in [2.24, 2.45) is 0 Å². The Labute approximate surface area is 124 Å². The summed E-state index contributed by atoms with van der Waals surface area (Å²) in [6.07, 6.45) is 0. The number of thiophene rings is 2. The van der Waals surface area contributed by atoms with Crippen LogP contribution in [0.3, 0.4) is 0 Å². The van der Waals surface area contributed by atoms with Crippen molar-refractivity contribution in [2.45, 2.75) is 13.5 Å². The fourth-order valence-electron chi connectivity index (χ4n) is 1.27. The van der Waals surface area contributed by atoms with Gasteiger partial charge in [-0.05, 0) is 62.5 Å². The first kappa shape index (κ1) is 13.3. The number of halogens is 2. The first-order valence-corrected chi connectivity index (χ1v) is 8.06. The number of aryl methyl sites for hydroxylation is 1. The van der Waals surface area contributed by atoms with Crippen LogP contribution in [0.15, 0.2) is 25.8 Å². The third kappa shape index (κ3) is 3.40. The Morgan fingerprint density at radius 2 is 2.12 bits per heavy atom. The minimum atomic E-state index is -0.0201. The predicted molar refractivity (Wildman–Crippen MR) is 79.9 cm³/mol. The van der Waals surface area contributed by atoms with Crippen LogP contribution in [0.25, 0.3) is 0 Å². The molecule has 0 bridgehead atoms. The molecule has 0 aliphatic heterocycles. The molecule has 2 heterocycles. The minimum absolute atomic E-state index is 0.0201. The van der Waals surface area contributed by atoms with E-state index >= 15 is 0 Å². The summed E-state index contributed by atoms with van der Waals surface area (Å²) in [5.74, 6) is -0.0201. The number of rotatable bonds is 3. The summed E-state index contributed by atoms with van der Waals surface area (Å²) >= 11 is 9.91. The van der Waals surface area contributed by atoms with Crippen LogP contribution in [0.4, 0.5) is 0 Å². The van der Waals surface area contributed by atoms with Crippen LogP contribution in [-0.4, -0.2) is 5.91 Å². The van der Waals surface area contributed by atoms with Crippen LogP contribution in [-0.2, 0) is 6.54 Å². The SMILES string of the molecule is Cc1cc(C(=O)NCc2ccc(Br)s2)sc1Br. The zero-order valence-electron chi connectivity index (χ0n) is 8.92. The van der Waals surface area contributed by atoms with Gasteiger partial charge in [-0.15, -0.1) is 22.7 Å². The summed E-state index contributed by atoms with van der Waals surface area (Å²) in [6, 6.07) is 5.89. The lowest BCUT2D eigenvalue weighted by atomic mass is 10.3. The van der Waals surface area contributed by atoms with E-state index in [-0.39, 0.29) is 5.91 Å². The van der Waals surface area contributed by atoms with E-state index in [0.717, 1.165) is 22.9 Å². The van der Waals surface area contributed by atoms with Crippen molar-refractivity contribution in [1.82, 2.24) is 5.32 Å². The van der Waals surface area contributed by atoms with Crippen LogP contribution < -0.4 is 5.32 Å². The highest BCUT2D eigenvalue weighted by molar-refractivity contribution is 9.11. The number of nitrogens with one attached hydrogen (secondary N) is 1. The van der Waals surface area contributed by atoms with Gasteiger partial charge < -0.3 is 5.32 Å². The monoisotopic (exact) mass is 393 g/mol. The van der Waals surface area contributed by atoms with Gasteiger partial charge in [0.2, 0.25) is 0 Å². The molecule has 0 aromatic carbocycles. The molecule has 2 nitrogen and oxygen atoms in total. The lowest BCUT2D eigenvalue weighted by molar-refractivity contribution is 0.0955. The molecule has 0 aliphatic rings. The van der Waals surface area contributed by atoms with Gasteiger partial charge in [0, 0.05) is 4.88 Å². The van der Waals surface area contributed by atoms with Crippen LogP contribution in [0, 0.1) is 6.92 Å². The van der Waals surface area contributed by atoms with E-state index in [1.54, 1.807) is 11.3 Å². The van der Waals surface area contributed by atoms with E-state index in [9.17, 15) is 4.79 Å². The Balaban J connectivity index is 1.98. The minimum Gasteiger partial charge on any atom is -0.346 e. The molecule has 6 heteroatoms. The molecule has 1 N–H and O–H groups in total. The van der Waals surface area contributed by atoms with Gasteiger partial charge in [0.1, 0.15) is 0 Å². The van der Waals surface area contributed by atoms with Gasteiger partial charge in [0.05, 0.1) is 19.0 Å². The van der Waals surface area contributed by atoms with Crippen LogP contribution >= 0.6 is 54.5 Å². The average molecular weight is 395 g/mol. The number of hydrogen-bond donors (Lipinski definition) is 1. The molecular formula is C11H9Br2NOS2. The summed E-state index contributed by atoms with van der Waals surface area (Å²) in [5.41, 5.74) is 1.10. The highest BCUT2D eigenvalue weighted by Crippen LogP contribution is 2.27. The summed E-state index contributed by atoms with van der Waals surface area (Å²) in [7, 11) is 0. The molecule has 0 aliphatic carbocycles. The molecule has 0 fully saturated rings. The second kappa shape index (κ2) is 5.65. The maximum absolute atomic E-state index is 11.9. The van der Waals surface area contributed by atoms with Gasteiger partial charge in [0.25, 0.3) is 5.91 Å². The van der Waals surface area contributed by atoms with E-state index < -0.39 is 0 Å². The molecule has 2 aromatic rings. The molecule has 0 saturated heterocycles. The Morgan fingerprint density at radius 1 is 1.35 bits per heavy atom. The lowest BCUT2D eigenvalue weighted by Gasteiger charge is -2.00. The molecule has 17 heavy (non-hydrogen) atoms. The molecule has 2 rings (SSSR count). The standard InChI is InChI=1S/C11H9Br2NOS2/c1-6-4-8(17-10(6)13)11(15)14-5-7-2-3-9(12)16-7/h2-4H,5H2,1H3,(H,14,15). The molecule has 0 radical (unpaired) electrons. The molecule has 90 valence electrons. The zero-order valence-corrected chi connectivity index (χ0v) is 13.7. The molecular weight excluding hydrogens is 386 g/mol. The summed E-state index contributed by atoms with van der Waals surface area (Å²) in [4.78, 5) is 13.7. The zero-order chi connectivity index (χ0) is 12.4. The molecule has 2 aromatic heterocycles. The maximum Gasteiger partial charge on any atom is 0.261 e. The predicted octanol–water partition coefficient (Wildman–Crippen LogP) is 4.57. The van der Waals surface area contributed by atoms with Crippen molar-refractivity contribution >= 4 is 60.4 Å². The maximum atomic E-state index is 11.9. The van der Waals surface area contributed by atoms with Gasteiger partial charge in [0.15, 0.2) is 0 Å². The van der Waals surface area contributed by atoms with Crippen molar-refractivity contribution in [3.8, 4) is 0 Å². The summed E-state index contributed by atoms with van der Waals surface area (Å²) in [6.45, 7) is 2.55. The van der Waals surface area contributed by atoms with Crippen LogP contribution in [0.2, 0.25) is 0 Å². The first-order valence-electron chi connectivity index (χ1n) is 4.84. The van der Waals surface area contributed by atoms with Gasteiger partial charge in [-0.3, -0.25) is 4.79 Å². The smallest absolute Gasteiger partial charge is 0.261 e. The fourth-order valence-corrected chi connectivity index (χ4v) is 4.15. The van der Waals surface area contributed by atoms with Crippen molar-refractivity contribution in [1.29, 1.82) is 0 Å². The highest BCUT2D eigenvalue weighted by Gasteiger charge is 2.11. The van der Waals surface area contributed by atoms with E-state index in [4.69, 9.17) is 0 Å². The van der Waals surface area contributed by atoms with E-state index in [2.05, 4.69) is 37.2 Å². The number of carbonyl (C=O) groups is 1. The third-order valence-corrected chi connectivity index (χ3v) is 5.89. The molecule has 0 saturated carbocycles. The Bertz CT molecular complexity index is 528. The molecule has 0 spiro atoms. The average Bonchev–Trinajstić information content (AvgIpc) is 2.83. The summed E-state index contributed by atoms with van der Waals surface area (Å²) in [5, 5.41) is 2.91. The second-order valence-corrected chi connectivity index (χ2v) is 8.37. The normalized spacial score (nSPS) is 10.5. The third-order valence-electron chi connectivity index (χ3n) is 2.13. The topological polar surface area (TPSA) is 29.1 Å². The molecule has 0 unspecified atom stereocenters. The van der Waals surface area contributed by atoms with E-state index in [0.29, 0.717) is 6.54 Å². The van der Waals surface area contributed by atoms with Crippen molar-refractivity contribution in [3.05, 3.63) is 41.1 Å². The number of hydrogen-bond acceptors (Lipinski definition) is 3. The number of amides is 1. The van der Waals surface area contributed by atoms with E-state index in [1.165, 1.54) is 11.3 Å². The second-order valence-electron chi connectivity index (χ2n) is 3.46.